The van der Waals surface area contributed by atoms with E-state index in [2.05, 4.69) is 31.7 Å². The van der Waals surface area contributed by atoms with Gasteiger partial charge in [-0.15, -0.1) is 0 Å². The summed E-state index contributed by atoms with van der Waals surface area (Å²) in [5.41, 5.74) is 2.24. The number of hydrogen-bond acceptors (Lipinski definition) is 5. The fourth-order valence-corrected chi connectivity index (χ4v) is 3.68. The molecule has 1 atom stereocenters. The lowest BCUT2D eigenvalue weighted by atomic mass is 10.2. The summed E-state index contributed by atoms with van der Waals surface area (Å²) in [4.78, 5) is 21.9. The molecule has 2 saturated heterocycles. The van der Waals surface area contributed by atoms with Crippen LogP contribution in [0, 0.1) is 6.92 Å². The molecule has 0 spiro atoms. The molecule has 1 N–H and O–H groups in total. The highest BCUT2D eigenvalue weighted by atomic mass is 15.3. The van der Waals surface area contributed by atoms with Crippen molar-refractivity contribution in [1.82, 2.24) is 24.8 Å². The zero-order valence-electron chi connectivity index (χ0n) is 13.7. The number of H-pyrrole nitrogens is 1. The summed E-state index contributed by atoms with van der Waals surface area (Å²) in [5, 5.41) is 0. The van der Waals surface area contributed by atoms with Gasteiger partial charge in [-0.25, -0.2) is 15.0 Å². The minimum Gasteiger partial charge on any atom is -0.345 e. The molecule has 0 amide bonds. The van der Waals surface area contributed by atoms with Crippen LogP contribution in [0.2, 0.25) is 0 Å². The molecule has 0 bridgehead atoms. The summed E-state index contributed by atoms with van der Waals surface area (Å²) in [6.07, 6.45) is 8.70. The van der Waals surface area contributed by atoms with E-state index in [-0.39, 0.29) is 0 Å². The number of likely N-dealkylation sites (tertiary alicyclic amines) is 1. The van der Waals surface area contributed by atoms with Crippen LogP contribution in [0.3, 0.4) is 0 Å². The lowest BCUT2D eigenvalue weighted by Gasteiger charge is -2.23. The first-order chi connectivity index (χ1) is 11.3. The highest BCUT2D eigenvalue weighted by Crippen LogP contribution is 2.31. The Kier molecular flexibility index (Phi) is 3.99. The van der Waals surface area contributed by atoms with Crippen molar-refractivity contribution < 1.29 is 0 Å². The maximum absolute atomic E-state index is 4.79. The monoisotopic (exact) mass is 312 g/mol. The zero-order valence-corrected chi connectivity index (χ0v) is 13.7. The van der Waals surface area contributed by atoms with E-state index >= 15 is 0 Å². The molecular weight excluding hydrogens is 288 g/mol. The first-order valence-electron chi connectivity index (χ1n) is 8.62. The van der Waals surface area contributed by atoms with E-state index in [9.17, 15) is 0 Å². The molecule has 2 aliphatic rings. The highest BCUT2D eigenvalue weighted by Gasteiger charge is 2.28. The van der Waals surface area contributed by atoms with Gasteiger partial charge in [-0.2, -0.15) is 0 Å². The Morgan fingerprint density at radius 2 is 2.04 bits per heavy atom. The van der Waals surface area contributed by atoms with Crippen LogP contribution in [0.25, 0.3) is 0 Å². The smallest absolute Gasteiger partial charge is 0.225 e. The maximum Gasteiger partial charge on any atom is 0.225 e. The number of aryl methyl sites for hydroxylation is 1. The molecule has 6 nitrogen and oxygen atoms in total. The van der Waals surface area contributed by atoms with E-state index in [1.54, 1.807) is 0 Å². The average molecular weight is 312 g/mol. The van der Waals surface area contributed by atoms with Gasteiger partial charge < -0.3 is 9.88 Å². The van der Waals surface area contributed by atoms with Crippen molar-refractivity contribution >= 4 is 5.95 Å². The average Bonchev–Trinajstić information content (AvgIpc) is 3.28. The molecule has 0 radical (unpaired) electrons. The lowest BCUT2D eigenvalue weighted by Crippen LogP contribution is -2.25. The molecule has 0 aromatic carbocycles. The summed E-state index contributed by atoms with van der Waals surface area (Å²) in [6, 6.07) is 2.43. The summed E-state index contributed by atoms with van der Waals surface area (Å²) < 4.78 is 0. The first kappa shape index (κ1) is 14.6. The Balaban J connectivity index is 1.49. The number of anilines is 1. The van der Waals surface area contributed by atoms with E-state index in [4.69, 9.17) is 4.98 Å². The summed E-state index contributed by atoms with van der Waals surface area (Å²) in [6.45, 7) is 6.20. The third kappa shape index (κ3) is 3.08. The van der Waals surface area contributed by atoms with E-state index in [0.717, 1.165) is 55.8 Å². The molecule has 4 heterocycles. The molecule has 6 heteroatoms. The SMILES string of the molecule is Cc1cnc([C@H]2CCCN2Cc2ccnc(N3CCCC3)n2)[nH]1. The Morgan fingerprint density at radius 1 is 1.17 bits per heavy atom. The second-order valence-corrected chi connectivity index (χ2v) is 6.62. The first-order valence-corrected chi connectivity index (χ1v) is 8.62. The summed E-state index contributed by atoms with van der Waals surface area (Å²) in [5.74, 6) is 1.98. The third-order valence-corrected chi connectivity index (χ3v) is 4.86. The van der Waals surface area contributed by atoms with E-state index in [1.807, 2.05) is 18.5 Å². The molecule has 122 valence electrons. The fraction of sp³-hybridized carbons (Fsp3) is 0.588. The number of nitrogens with one attached hydrogen (secondary N) is 1. The quantitative estimate of drug-likeness (QED) is 0.939. The number of rotatable bonds is 4. The minimum absolute atomic E-state index is 0.383. The van der Waals surface area contributed by atoms with Crippen molar-refractivity contribution in [3.63, 3.8) is 0 Å². The number of nitrogens with zero attached hydrogens (tertiary/aromatic N) is 5. The third-order valence-electron chi connectivity index (χ3n) is 4.86. The minimum atomic E-state index is 0.383. The fourth-order valence-electron chi connectivity index (χ4n) is 3.68. The van der Waals surface area contributed by atoms with Gasteiger partial charge in [0.2, 0.25) is 5.95 Å². The Morgan fingerprint density at radius 3 is 2.83 bits per heavy atom. The topological polar surface area (TPSA) is 60.9 Å². The molecule has 23 heavy (non-hydrogen) atoms. The van der Waals surface area contributed by atoms with Crippen molar-refractivity contribution in [3.05, 3.63) is 35.7 Å². The van der Waals surface area contributed by atoms with Crippen molar-refractivity contribution in [1.29, 1.82) is 0 Å². The maximum atomic E-state index is 4.79. The van der Waals surface area contributed by atoms with Crippen molar-refractivity contribution in [3.8, 4) is 0 Å². The summed E-state index contributed by atoms with van der Waals surface area (Å²) >= 11 is 0. The molecule has 2 fully saturated rings. The molecular formula is C17H24N6. The van der Waals surface area contributed by atoms with Gasteiger partial charge in [-0.3, -0.25) is 4.90 Å². The van der Waals surface area contributed by atoms with E-state index < -0.39 is 0 Å². The van der Waals surface area contributed by atoms with Gasteiger partial charge in [-0.1, -0.05) is 0 Å². The van der Waals surface area contributed by atoms with Crippen LogP contribution in [-0.2, 0) is 6.54 Å². The van der Waals surface area contributed by atoms with Crippen LogP contribution in [0.4, 0.5) is 5.95 Å². The van der Waals surface area contributed by atoms with Crippen LogP contribution in [0.15, 0.2) is 18.5 Å². The molecule has 2 aliphatic heterocycles. The van der Waals surface area contributed by atoms with Gasteiger partial charge in [-0.05, 0) is 45.2 Å². The Hall–Kier alpha value is -1.95. The van der Waals surface area contributed by atoms with Gasteiger partial charge in [0.15, 0.2) is 0 Å². The Labute approximate surface area is 137 Å². The van der Waals surface area contributed by atoms with Crippen LogP contribution >= 0.6 is 0 Å². The molecule has 4 rings (SSSR count). The molecule has 0 unspecified atom stereocenters. The van der Waals surface area contributed by atoms with Crippen molar-refractivity contribution in [2.24, 2.45) is 0 Å². The number of aromatic amines is 1. The van der Waals surface area contributed by atoms with Crippen LogP contribution < -0.4 is 4.90 Å². The van der Waals surface area contributed by atoms with Crippen molar-refractivity contribution in [2.45, 2.75) is 45.2 Å². The predicted octanol–water partition coefficient (Wildman–Crippen LogP) is 2.45. The van der Waals surface area contributed by atoms with Gasteiger partial charge in [0.25, 0.3) is 0 Å². The zero-order chi connectivity index (χ0) is 15.6. The molecule has 2 aromatic rings. The predicted molar refractivity (Wildman–Crippen MR) is 89.2 cm³/mol. The second kappa shape index (κ2) is 6.28. The normalized spacial score (nSPS) is 22.1. The largest absolute Gasteiger partial charge is 0.345 e. The standard InChI is InChI=1S/C17H24N6/c1-13-11-19-16(20-13)15-5-4-10-23(15)12-14-6-7-18-17(21-14)22-8-2-3-9-22/h6-7,11,15H,2-5,8-10,12H2,1H3,(H,19,20)/t15-/m1/s1. The van der Waals surface area contributed by atoms with Crippen LogP contribution in [-0.4, -0.2) is 44.5 Å². The van der Waals surface area contributed by atoms with Gasteiger partial charge in [0.05, 0.1) is 11.7 Å². The number of imidazole rings is 1. The molecule has 0 aliphatic carbocycles. The summed E-state index contributed by atoms with van der Waals surface area (Å²) in [7, 11) is 0. The molecule has 2 aromatic heterocycles. The van der Waals surface area contributed by atoms with E-state index in [0.29, 0.717) is 6.04 Å². The van der Waals surface area contributed by atoms with Crippen LogP contribution in [0.1, 0.15) is 48.9 Å². The number of hydrogen-bond donors (Lipinski definition) is 1. The van der Waals surface area contributed by atoms with Crippen LogP contribution in [0.5, 0.6) is 0 Å². The van der Waals surface area contributed by atoms with Gasteiger partial charge >= 0.3 is 0 Å². The number of aromatic nitrogens is 4. The lowest BCUT2D eigenvalue weighted by molar-refractivity contribution is 0.238. The van der Waals surface area contributed by atoms with E-state index in [1.165, 1.54) is 19.3 Å². The second-order valence-electron chi connectivity index (χ2n) is 6.62. The Bertz CT molecular complexity index is 661. The van der Waals surface area contributed by atoms with Gasteiger partial charge in [0.1, 0.15) is 5.82 Å². The highest BCUT2D eigenvalue weighted by molar-refractivity contribution is 5.31. The molecule has 0 saturated carbocycles. The van der Waals surface area contributed by atoms with Gasteiger partial charge in [0, 0.05) is 37.7 Å². The van der Waals surface area contributed by atoms with Crippen molar-refractivity contribution in [2.75, 3.05) is 24.5 Å².